The zero-order chi connectivity index (χ0) is 21.0. The van der Waals surface area contributed by atoms with Gasteiger partial charge in [0.2, 0.25) is 0 Å². The minimum Gasteiger partial charge on any atom is -0.383 e. The molecule has 3 amide bonds. The van der Waals surface area contributed by atoms with Gasteiger partial charge in [-0.2, -0.15) is 5.26 Å². The van der Waals surface area contributed by atoms with Gasteiger partial charge in [-0.25, -0.2) is 9.48 Å². The van der Waals surface area contributed by atoms with Crippen LogP contribution in [-0.2, 0) is 34.5 Å². The molecule has 9 heteroatoms. The fourth-order valence-corrected chi connectivity index (χ4v) is 3.30. The highest BCUT2D eigenvalue weighted by Crippen LogP contribution is 2.27. The number of methoxy groups -OCH3 is 1. The third-order valence-electron chi connectivity index (χ3n) is 4.93. The summed E-state index contributed by atoms with van der Waals surface area (Å²) in [6.07, 6.45) is 2.01. The van der Waals surface area contributed by atoms with E-state index in [9.17, 15) is 14.9 Å². The summed E-state index contributed by atoms with van der Waals surface area (Å²) >= 11 is 0. The zero-order valence-electron chi connectivity index (χ0n) is 16.8. The van der Waals surface area contributed by atoms with E-state index in [0.717, 1.165) is 11.1 Å². The number of aromatic nitrogens is 3. The molecule has 1 aliphatic rings. The first-order valence-corrected chi connectivity index (χ1v) is 9.35. The summed E-state index contributed by atoms with van der Waals surface area (Å²) in [4.78, 5) is 26.5. The summed E-state index contributed by atoms with van der Waals surface area (Å²) in [5.74, 6) is -0.314. The molecule has 0 bridgehead atoms. The number of rotatable bonds is 8. The molecule has 1 aromatic carbocycles. The van der Waals surface area contributed by atoms with Crippen LogP contribution in [0.1, 0.15) is 30.7 Å². The number of amides is 3. The highest BCUT2D eigenvalue weighted by molar-refractivity contribution is 6.04. The molecule has 0 radical (unpaired) electrons. The molecule has 3 rings (SSSR count). The normalized spacial score (nSPS) is 16.8. The number of benzene rings is 1. The van der Waals surface area contributed by atoms with Gasteiger partial charge in [0.05, 0.1) is 36.9 Å². The number of hydrogen-bond acceptors (Lipinski definition) is 6. The predicted octanol–water partition coefficient (Wildman–Crippen LogP) is 1.39. The van der Waals surface area contributed by atoms with Crippen LogP contribution in [-0.4, -0.2) is 51.6 Å². The lowest BCUT2D eigenvalue weighted by molar-refractivity contribution is -0.127. The third-order valence-corrected chi connectivity index (χ3v) is 4.93. The lowest BCUT2D eigenvalue weighted by atomic mass is 9.83. The van der Waals surface area contributed by atoms with Crippen LogP contribution in [0.5, 0.6) is 0 Å². The summed E-state index contributed by atoms with van der Waals surface area (Å²) in [7, 11) is 1.61. The van der Waals surface area contributed by atoms with Crippen molar-refractivity contribution in [1.29, 1.82) is 5.26 Å². The average Bonchev–Trinajstić information content (AvgIpc) is 3.26. The number of imide groups is 1. The Morgan fingerprint density at radius 3 is 2.79 bits per heavy atom. The van der Waals surface area contributed by atoms with Gasteiger partial charge in [0.25, 0.3) is 5.91 Å². The smallest absolute Gasteiger partial charge is 0.325 e. The first kappa shape index (κ1) is 20.5. The van der Waals surface area contributed by atoms with Gasteiger partial charge in [-0.3, -0.25) is 9.69 Å². The molecule has 1 saturated heterocycles. The van der Waals surface area contributed by atoms with E-state index >= 15 is 0 Å². The van der Waals surface area contributed by atoms with Crippen LogP contribution in [0.25, 0.3) is 0 Å². The topological polar surface area (TPSA) is 113 Å². The number of carbonyl (C=O) groups excluding carboxylic acids is 2. The number of nitrogens with one attached hydrogen (secondary N) is 1. The van der Waals surface area contributed by atoms with Gasteiger partial charge in [-0.1, -0.05) is 29.5 Å². The fourth-order valence-electron chi connectivity index (χ4n) is 3.30. The summed E-state index contributed by atoms with van der Waals surface area (Å²) in [5, 5.41) is 20.2. The van der Waals surface area contributed by atoms with Crippen LogP contribution in [0, 0.1) is 11.3 Å². The molecule has 0 spiro atoms. The number of hydrogen-bond donors (Lipinski definition) is 1. The number of carbonyl (C=O) groups is 2. The van der Waals surface area contributed by atoms with Crippen molar-refractivity contribution in [2.24, 2.45) is 0 Å². The van der Waals surface area contributed by atoms with Crippen molar-refractivity contribution in [2.45, 2.75) is 44.8 Å². The second kappa shape index (κ2) is 8.41. The van der Waals surface area contributed by atoms with Gasteiger partial charge in [0.15, 0.2) is 0 Å². The Morgan fingerprint density at radius 2 is 2.07 bits per heavy atom. The molecule has 1 aromatic heterocycles. The molecule has 0 aliphatic carbocycles. The van der Waals surface area contributed by atoms with Crippen LogP contribution in [0.15, 0.2) is 30.5 Å². The Bertz CT molecular complexity index is 946. The predicted molar refractivity (Wildman–Crippen MR) is 104 cm³/mol. The van der Waals surface area contributed by atoms with E-state index in [2.05, 4.69) is 21.7 Å². The van der Waals surface area contributed by atoms with Gasteiger partial charge < -0.3 is 10.1 Å². The maximum Gasteiger partial charge on any atom is 0.325 e. The molecule has 2 aromatic rings. The largest absolute Gasteiger partial charge is 0.383 e. The molecule has 29 heavy (non-hydrogen) atoms. The maximum absolute atomic E-state index is 12.8. The molecule has 1 atom stereocenters. The van der Waals surface area contributed by atoms with Crippen LogP contribution in [0.3, 0.4) is 0 Å². The standard InChI is InChI=1S/C20H24N6O3/c1-20(2,13-21)16-7-5-4-6-14(16)11-26-18(27)17(22-19(26)28)10-15-12-25(24-23-15)8-9-29-3/h4-7,12,17H,8-11H2,1-3H3,(H,22,28)/t17-/m1/s1. The number of nitrogens with zero attached hydrogens (tertiary/aromatic N) is 5. The minimum absolute atomic E-state index is 0.114. The first-order chi connectivity index (χ1) is 13.9. The first-order valence-electron chi connectivity index (χ1n) is 9.35. The van der Waals surface area contributed by atoms with Crippen molar-refractivity contribution in [3.05, 3.63) is 47.3 Å². The molecule has 1 N–H and O–H groups in total. The highest BCUT2D eigenvalue weighted by Gasteiger charge is 2.39. The second-order valence-corrected chi connectivity index (χ2v) is 7.49. The van der Waals surface area contributed by atoms with Crippen LogP contribution in [0.2, 0.25) is 0 Å². The summed E-state index contributed by atoms with van der Waals surface area (Å²) in [5.41, 5.74) is 1.46. The number of ether oxygens (including phenoxy) is 1. The van der Waals surface area contributed by atoms with Crippen molar-refractivity contribution in [1.82, 2.24) is 25.2 Å². The van der Waals surface area contributed by atoms with Crippen molar-refractivity contribution < 1.29 is 14.3 Å². The molecule has 1 aliphatic heterocycles. The fraction of sp³-hybridized carbons (Fsp3) is 0.450. The SMILES string of the molecule is COCCn1cc(C[C@H]2NC(=O)N(Cc3ccccc3C(C)(C)C#N)C2=O)nn1. The van der Waals surface area contributed by atoms with Gasteiger partial charge in [-0.15, -0.1) is 5.10 Å². The molecule has 1 fully saturated rings. The zero-order valence-corrected chi connectivity index (χ0v) is 16.8. The van der Waals surface area contributed by atoms with E-state index in [0.29, 0.717) is 18.8 Å². The minimum atomic E-state index is -0.726. The van der Waals surface area contributed by atoms with E-state index in [1.165, 1.54) is 4.90 Å². The maximum atomic E-state index is 12.8. The van der Waals surface area contributed by atoms with Gasteiger partial charge in [0.1, 0.15) is 6.04 Å². The Labute approximate surface area is 169 Å². The lowest BCUT2D eigenvalue weighted by Gasteiger charge is -2.22. The third kappa shape index (κ3) is 4.43. The van der Waals surface area contributed by atoms with E-state index in [-0.39, 0.29) is 18.9 Å². The van der Waals surface area contributed by atoms with Crippen molar-refractivity contribution in [3.63, 3.8) is 0 Å². The van der Waals surface area contributed by atoms with Gasteiger partial charge >= 0.3 is 6.03 Å². The van der Waals surface area contributed by atoms with Crippen LogP contribution < -0.4 is 5.32 Å². The number of nitriles is 1. The molecular weight excluding hydrogens is 372 g/mol. The van der Waals surface area contributed by atoms with Crippen molar-refractivity contribution in [3.8, 4) is 6.07 Å². The van der Waals surface area contributed by atoms with E-state index in [1.807, 2.05) is 38.1 Å². The van der Waals surface area contributed by atoms with Crippen molar-refractivity contribution >= 4 is 11.9 Å². The van der Waals surface area contributed by atoms with Gasteiger partial charge in [-0.05, 0) is 25.0 Å². The second-order valence-electron chi connectivity index (χ2n) is 7.49. The monoisotopic (exact) mass is 396 g/mol. The molecule has 0 unspecified atom stereocenters. The quantitative estimate of drug-likeness (QED) is 0.675. The Balaban J connectivity index is 1.72. The number of urea groups is 1. The molecule has 2 heterocycles. The van der Waals surface area contributed by atoms with E-state index in [4.69, 9.17) is 4.74 Å². The lowest BCUT2D eigenvalue weighted by Crippen LogP contribution is -2.33. The van der Waals surface area contributed by atoms with Crippen molar-refractivity contribution in [2.75, 3.05) is 13.7 Å². The summed E-state index contributed by atoms with van der Waals surface area (Å²) in [6, 6.07) is 8.51. The van der Waals surface area contributed by atoms with Crippen LogP contribution >= 0.6 is 0 Å². The van der Waals surface area contributed by atoms with E-state index in [1.54, 1.807) is 18.0 Å². The van der Waals surface area contributed by atoms with E-state index < -0.39 is 17.5 Å². The highest BCUT2D eigenvalue weighted by atomic mass is 16.5. The average molecular weight is 396 g/mol. The molecule has 9 nitrogen and oxygen atoms in total. The van der Waals surface area contributed by atoms with Gasteiger partial charge in [0, 0.05) is 19.7 Å². The Kier molecular flexibility index (Phi) is 5.94. The molecule has 0 saturated carbocycles. The van der Waals surface area contributed by atoms with Crippen LogP contribution in [0.4, 0.5) is 4.79 Å². The summed E-state index contributed by atoms with van der Waals surface area (Å²) in [6.45, 7) is 4.81. The Hall–Kier alpha value is -3.25. The Morgan fingerprint density at radius 1 is 1.31 bits per heavy atom. The molecule has 152 valence electrons. The summed E-state index contributed by atoms with van der Waals surface area (Å²) < 4.78 is 6.64. The molecular formula is C20H24N6O3.